The first-order valence-corrected chi connectivity index (χ1v) is 5.99. The number of hydrogen-bond acceptors (Lipinski definition) is 2. The van der Waals surface area contributed by atoms with E-state index in [-0.39, 0.29) is 0 Å². The van der Waals surface area contributed by atoms with Crippen molar-refractivity contribution in [3.8, 4) is 0 Å². The predicted molar refractivity (Wildman–Crippen MR) is 62.9 cm³/mol. The Morgan fingerprint density at radius 3 is 3.27 bits per heavy atom. The third kappa shape index (κ3) is 1.58. The van der Waals surface area contributed by atoms with E-state index in [0.29, 0.717) is 6.04 Å². The molecule has 0 aliphatic carbocycles. The number of aromatic nitrogens is 2. The third-order valence-electron chi connectivity index (χ3n) is 2.98. The molecule has 1 saturated heterocycles. The number of fused-ring (bicyclic) bond motifs is 1. The maximum atomic E-state index is 4.22. The fourth-order valence-electron chi connectivity index (χ4n) is 2.16. The summed E-state index contributed by atoms with van der Waals surface area (Å²) in [5.74, 6) is 0. The lowest BCUT2D eigenvalue weighted by Gasteiger charge is -2.10. The van der Waals surface area contributed by atoms with E-state index in [1.807, 2.05) is 10.7 Å². The molecule has 1 aliphatic heterocycles. The SMILES string of the molecule is Brc1ncn2ccc(C3CCCN3)cc12. The Labute approximate surface area is 96.6 Å². The lowest BCUT2D eigenvalue weighted by molar-refractivity contribution is 0.647. The highest BCUT2D eigenvalue weighted by Gasteiger charge is 2.16. The average Bonchev–Trinajstić information content (AvgIpc) is 2.88. The smallest absolute Gasteiger partial charge is 0.131 e. The van der Waals surface area contributed by atoms with Crippen LogP contribution in [0, 0.1) is 0 Å². The van der Waals surface area contributed by atoms with Gasteiger partial charge in [-0.05, 0) is 53.0 Å². The molecule has 3 rings (SSSR count). The molecular weight excluding hydrogens is 254 g/mol. The van der Waals surface area contributed by atoms with Gasteiger partial charge in [-0.2, -0.15) is 0 Å². The zero-order valence-electron chi connectivity index (χ0n) is 8.28. The van der Waals surface area contributed by atoms with Gasteiger partial charge < -0.3 is 9.72 Å². The topological polar surface area (TPSA) is 29.3 Å². The van der Waals surface area contributed by atoms with Crippen molar-refractivity contribution in [1.82, 2.24) is 14.7 Å². The number of nitrogens with zero attached hydrogens (tertiary/aromatic N) is 2. The third-order valence-corrected chi connectivity index (χ3v) is 3.59. The summed E-state index contributed by atoms with van der Waals surface area (Å²) in [5, 5.41) is 3.50. The number of rotatable bonds is 1. The monoisotopic (exact) mass is 265 g/mol. The fraction of sp³-hybridized carbons (Fsp3) is 0.364. The highest BCUT2D eigenvalue weighted by atomic mass is 79.9. The van der Waals surface area contributed by atoms with Crippen molar-refractivity contribution in [1.29, 1.82) is 0 Å². The number of imidazole rings is 1. The van der Waals surface area contributed by atoms with Gasteiger partial charge in [0.15, 0.2) is 0 Å². The second-order valence-corrected chi connectivity index (χ2v) is 4.69. The van der Waals surface area contributed by atoms with Crippen molar-refractivity contribution in [2.45, 2.75) is 18.9 Å². The molecule has 1 aliphatic rings. The van der Waals surface area contributed by atoms with Crippen LogP contribution in [0.4, 0.5) is 0 Å². The van der Waals surface area contributed by atoms with Crippen LogP contribution in [0.1, 0.15) is 24.4 Å². The number of halogens is 1. The average molecular weight is 266 g/mol. The Balaban J connectivity index is 2.08. The van der Waals surface area contributed by atoms with Crippen LogP contribution in [0.15, 0.2) is 29.3 Å². The molecule has 2 aromatic rings. The van der Waals surface area contributed by atoms with Gasteiger partial charge in [0, 0.05) is 12.2 Å². The zero-order chi connectivity index (χ0) is 10.3. The minimum atomic E-state index is 0.525. The van der Waals surface area contributed by atoms with E-state index in [1.165, 1.54) is 18.4 Å². The lowest BCUT2D eigenvalue weighted by Crippen LogP contribution is -2.12. The quantitative estimate of drug-likeness (QED) is 0.859. The van der Waals surface area contributed by atoms with Crippen LogP contribution in [0.5, 0.6) is 0 Å². The molecule has 15 heavy (non-hydrogen) atoms. The molecule has 0 amide bonds. The summed E-state index contributed by atoms with van der Waals surface area (Å²) in [6, 6.07) is 4.90. The maximum absolute atomic E-state index is 4.22. The number of pyridine rings is 1. The van der Waals surface area contributed by atoms with E-state index in [0.717, 1.165) is 16.7 Å². The van der Waals surface area contributed by atoms with Gasteiger partial charge in [-0.1, -0.05) is 0 Å². The number of nitrogens with one attached hydrogen (secondary N) is 1. The Morgan fingerprint density at radius 2 is 2.47 bits per heavy atom. The van der Waals surface area contributed by atoms with Crippen molar-refractivity contribution in [3.05, 3.63) is 34.8 Å². The second-order valence-electron chi connectivity index (χ2n) is 3.94. The van der Waals surface area contributed by atoms with Gasteiger partial charge in [-0.3, -0.25) is 0 Å². The standard InChI is InChI=1S/C11H12BrN3/c12-11-10-6-8(9-2-1-4-13-9)3-5-15(10)7-14-11/h3,5-7,9,13H,1-2,4H2. The van der Waals surface area contributed by atoms with Crippen molar-refractivity contribution in [3.63, 3.8) is 0 Å². The van der Waals surface area contributed by atoms with Gasteiger partial charge in [-0.25, -0.2) is 4.98 Å². The van der Waals surface area contributed by atoms with Gasteiger partial charge >= 0.3 is 0 Å². The molecule has 1 N–H and O–H groups in total. The van der Waals surface area contributed by atoms with Crippen LogP contribution in [-0.4, -0.2) is 15.9 Å². The lowest BCUT2D eigenvalue weighted by atomic mass is 10.1. The Morgan fingerprint density at radius 1 is 1.53 bits per heavy atom. The Hall–Kier alpha value is -0.870. The molecule has 2 aromatic heterocycles. The first kappa shape index (κ1) is 9.36. The summed E-state index contributed by atoms with van der Waals surface area (Å²) in [7, 11) is 0. The summed E-state index contributed by atoms with van der Waals surface area (Å²) < 4.78 is 2.95. The van der Waals surface area contributed by atoms with Crippen molar-refractivity contribution in [2.75, 3.05) is 6.54 Å². The maximum Gasteiger partial charge on any atom is 0.131 e. The van der Waals surface area contributed by atoms with Crippen LogP contribution in [0.25, 0.3) is 5.52 Å². The van der Waals surface area contributed by atoms with Crippen molar-refractivity contribution in [2.24, 2.45) is 0 Å². The minimum absolute atomic E-state index is 0.525. The Kier molecular flexibility index (Phi) is 2.25. The van der Waals surface area contributed by atoms with Gasteiger partial charge in [0.1, 0.15) is 10.9 Å². The summed E-state index contributed by atoms with van der Waals surface area (Å²) in [4.78, 5) is 4.22. The summed E-state index contributed by atoms with van der Waals surface area (Å²) in [6.45, 7) is 1.14. The molecule has 4 heteroatoms. The van der Waals surface area contributed by atoms with E-state index >= 15 is 0 Å². The van der Waals surface area contributed by atoms with E-state index in [4.69, 9.17) is 0 Å². The first-order chi connectivity index (χ1) is 7.34. The van der Waals surface area contributed by atoms with E-state index in [1.54, 1.807) is 0 Å². The first-order valence-electron chi connectivity index (χ1n) is 5.20. The largest absolute Gasteiger partial charge is 0.310 e. The highest BCUT2D eigenvalue weighted by molar-refractivity contribution is 9.10. The fourth-order valence-corrected chi connectivity index (χ4v) is 2.57. The molecule has 1 atom stereocenters. The van der Waals surface area contributed by atoms with Gasteiger partial charge in [-0.15, -0.1) is 0 Å². The van der Waals surface area contributed by atoms with Gasteiger partial charge in [0.05, 0.1) is 5.52 Å². The summed E-state index contributed by atoms with van der Waals surface area (Å²) >= 11 is 3.46. The van der Waals surface area contributed by atoms with Crippen LogP contribution in [0.3, 0.4) is 0 Å². The molecule has 1 fully saturated rings. The summed E-state index contributed by atoms with van der Waals surface area (Å²) in [5.41, 5.74) is 2.50. The molecule has 3 nitrogen and oxygen atoms in total. The van der Waals surface area contributed by atoms with Gasteiger partial charge in [0.25, 0.3) is 0 Å². The van der Waals surface area contributed by atoms with Crippen LogP contribution >= 0.6 is 15.9 Å². The molecule has 1 unspecified atom stereocenters. The van der Waals surface area contributed by atoms with E-state index < -0.39 is 0 Å². The minimum Gasteiger partial charge on any atom is -0.310 e. The molecule has 78 valence electrons. The van der Waals surface area contributed by atoms with Crippen LogP contribution in [0.2, 0.25) is 0 Å². The summed E-state index contributed by atoms with van der Waals surface area (Å²) in [6.07, 6.45) is 6.41. The zero-order valence-corrected chi connectivity index (χ0v) is 9.87. The number of hydrogen-bond donors (Lipinski definition) is 1. The van der Waals surface area contributed by atoms with E-state index in [9.17, 15) is 0 Å². The highest BCUT2D eigenvalue weighted by Crippen LogP contribution is 2.25. The van der Waals surface area contributed by atoms with Crippen LogP contribution in [-0.2, 0) is 0 Å². The normalized spacial score (nSPS) is 21.3. The van der Waals surface area contributed by atoms with Gasteiger partial charge in [0.2, 0.25) is 0 Å². The molecule has 0 aromatic carbocycles. The molecule has 0 spiro atoms. The predicted octanol–water partition coefficient (Wildman–Crippen LogP) is 2.52. The van der Waals surface area contributed by atoms with Crippen molar-refractivity contribution >= 4 is 21.4 Å². The molecule has 3 heterocycles. The van der Waals surface area contributed by atoms with Crippen LogP contribution < -0.4 is 5.32 Å². The van der Waals surface area contributed by atoms with Crippen molar-refractivity contribution < 1.29 is 0 Å². The molecule has 0 radical (unpaired) electrons. The molecule has 0 bridgehead atoms. The molecular formula is C11H12BrN3. The Bertz CT molecular complexity index is 486. The molecule has 0 saturated carbocycles. The second kappa shape index (κ2) is 3.61. The van der Waals surface area contributed by atoms with E-state index in [2.05, 4.69) is 44.6 Å².